The lowest BCUT2D eigenvalue weighted by molar-refractivity contribution is -0.142. The summed E-state index contributed by atoms with van der Waals surface area (Å²) in [7, 11) is 0. The molecular weight excluding hydrogens is 332 g/mol. The Balaban J connectivity index is 1.52. The molecule has 144 valence electrons. The number of rotatable bonds is 3. The van der Waals surface area contributed by atoms with Gasteiger partial charge in [-0.3, -0.25) is 9.59 Å². The van der Waals surface area contributed by atoms with Gasteiger partial charge in [-0.2, -0.15) is 0 Å². The van der Waals surface area contributed by atoms with Gasteiger partial charge in [0.05, 0.1) is 0 Å². The Morgan fingerprint density at radius 2 is 1.38 bits per heavy atom. The summed E-state index contributed by atoms with van der Waals surface area (Å²) in [4.78, 5) is 29.1. The molecule has 0 radical (unpaired) electrons. The molecule has 0 spiro atoms. The van der Waals surface area contributed by atoms with Crippen molar-refractivity contribution in [1.29, 1.82) is 0 Å². The van der Waals surface area contributed by atoms with E-state index in [9.17, 15) is 19.8 Å². The van der Waals surface area contributed by atoms with E-state index in [0.29, 0.717) is 6.54 Å². The van der Waals surface area contributed by atoms with Crippen molar-refractivity contribution >= 4 is 11.8 Å². The van der Waals surface area contributed by atoms with Gasteiger partial charge in [-0.1, -0.05) is 38.5 Å². The molecule has 2 aliphatic carbocycles. The van der Waals surface area contributed by atoms with E-state index < -0.39 is 17.3 Å². The second kappa shape index (κ2) is 6.87. The number of aliphatic hydroxyl groups is 2. The summed E-state index contributed by atoms with van der Waals surface area (Å²) >= 11 is 0. The summed E-state index contributed by atoms with van der Waals surface area (Å²) in [6.45, 7) is 0.699. The van der Waals surface area contributed by atoms with Crippen LogP contribution >= 0.6 is 0 Å². The van der Waals surface area contributed by atoms with E-state index in [1.54, 1.807) is 9.80 Å². The fraction of sp³-hybridized carbons (Fsp3) is 0.800. The third-order valence-corrected chi connectivity index (χ3v) is 6.94. The van der Waals surface area contributed by atoms with Crippen LogP contribution in [0, 0.1) is 0 Å². The van der Waals surface area contributed by atoms with E-state index in [1.807, 2.05) is 0 Å². The lowest BCUT2D eigenvalue weighted by Crippen LogP contribution is -2.47. The van der Waals surface area contributed by atoms with Crippen LogP contribution in [0.5, 0.6) is 0 Å². The highest BCUT2D eigenvalue weighted by Crippen LogP contribution is 2.39. The molecule has 6 nitrogen and oxygen atoms in total. The maximum Gasteiger partial charge on any atom is 0.289 e. The van der Waals surface area contributed by atoms with Crippen LogP contribution in [0.25, 0.3) is 0 Å². The molecule has 2 aliphatic heterocycles. The summed E-state index contributed by atoms with van der Waals surface area (Å²) in [6, 6.07) is 0.310. The van der Waals surface area contributed by atoms with E-state index >= 15 is 0 Å². The normalized spacial score (nSPS) is 32.2. The Labute approximate surface area is 154 Å². The fourth-order valence-corrected chi connectivity index (χ4v) is 5.35. The third kappa shape index (κ3) is 2.82. The van der Waals surface area contributed by atoms with Gasteiger partial charge in [-0.15, -0.1) is 0 Å². The van der Waals surface area contributed by atoms with Gasteiger partial charge in [0.2, 0.25) is 0 Å². The first kappa shape index (κ1) is 17.8. The molecule has 2 N–H and O–H groups in total. The number of carbonyl (C=O) groups excluding carboxylic acids is 2. The summed E-state index contributed by atoms with van der Waals surface area (Å²) in [6.07, 6.45) is 10.9. The van der Waals surface area contributed by atoms with Crippen molar-refractivity contribution in [2.24, 2.45) is 0 Å². The van der Waals surface area contributed by atoms with Crippen LogP contribution in [-0.2, 0) is 9.59 Å². The van der Waals surface area contributed by atoms with E-state index in [4.69, 9.17) is 0 Å². The number of carbonyl (C=O) groups is 2. The monoisotopic (exact) mass is 362 g/mol. The number of nitrogens with zero attached hydrogens (tertiary/aromatic N) is 2. The number of hydrogen-bond donors (Lipinski definition) is 2. The number of hydrogen-bond acceptors (Lipinski definition) is 4. The van der Waals surface area contributed by atoms with E-state index in [0.717, 1.165) is 51.4 Å². The largest absolute Gasteiger partial charge is 0.503 e. The minimum atomic E-state index is -1.71. The van der Waals surface area contributed by atoms with Crippen LogP contribution in [0.2, 0.25) is 0 Å². The van der Waals surface area contributed by atoms with Crippen LogP contribution in [0.3, 0.4) is 0 Å². The molecule has 2 saturated carbocycles. The summed E-state index contributed by atoms with van der Waals surface area (Å²) in [5, 5.41) is 21.6. The molecule has 6 heteroatoms. The molecule has 1 saturated heterocycles. The molecule has 0 aromatic heterocycles. The Morgan fingerprint density at radius 1 is 0.846 bits per heavy atom. The molecule has 26 heavy (non-hydrogen) atoms. The first-order valence-electron chi connectivity index (χ1n) is 10.3. The standard InChI is InChI=1S/C20H30N2O4/c23-17-16(13-22(18(17)24)15-9-5-2-6-10-15)20(26)11-12-21(19(20)25)14-7-3-1-4-8-14/h14-15,23,26H,1-13H2. The molecule has 0 aromatic rings. The van der Waals surface area contributed by atoms with Gasteiger partial charge in [0.1, 0.15) is 0 Å². The molecule has 1 atom stereocenters. The summed E-state index contributed by atoms with van der Waals surface area (Å²) < 4.78 is 0. The molecule has 0 bridgehead atoms. The molecule has 0 aromatic carbocycles. The van der Waals surface area contributed by atoms with Crippen LogP contribution in [-0.4, -0.2) is 62.6 Å². The van der Waals surface area contributed by atoms with Crippen molar-refractivity contribution in [3.05, 3.63) is 11.3 Å². The van der Waals surface area contributed by atoms with Gasteiger partial charge in [0.15, 0.2) is 11.4 Å². The first-order valence-corrected chi connectivity index (χ1v) is 10.3. The Morgan fingerprint density at radius 3 is 1.96 bits per heavy atom. The van der Waals surface area contributed by atoms with Crippen LogP contribution in [0.15, 0.2) is 11.3 Å². The quantitative estimate of drug-likeness (QED) is 0.807. The van der Waals surface area contributed by atoms with Gasteiger partial charge < -0.3 is 20.0 Å². The van der Waals surface area contributed by atoms with Gasteiger partial charge in [-0.05, 0) is 25.7 Å². The average molecular weight is 362 g/mol. The zero-order chi connectivity index (χ0) is 18.3. The fourth-order valence-electron chi connectivity index (χ4n) is 5.35. The number of likely N-dealkylation sites (tertiary alicyclic amines) is 1. The highest BCUT2D eigenvalue weighted by Gasteiger charge is 2.54. The predicted molar refractivity (Wildman–Crippen MR) is 96.4 cm³/mol. The number of amides is 2. The molecule has 4 rings (SSSR count). The van der Waals surface area contributed by atoms with Gasteiger partial charge in [0, 0.05) is 37.2 Å². The van der Waals surface area contributed by atoms with Crippen molar-refractivity contribution in [2.75, 3.05) is 13.1 Å². The Bertz CT molecular complexity index is 619. The highest BCUT2D eigenvalue weighted by molar-refractivity contribution is 6.00. The zero-order valence-corrected chi connectivity index (χ0v) is 15.5. The minimum Gasteiger partial charge on any atom is -0.503 e. The van der Waals surface area contributed by atoms with Crippen LogP contribution < -0.4 is 0 Å². The Hall–Kier alpha value is -1.56. The minimum absolute atomic E-state index is 0.116. The van der Waals surface area contributed by atoms with E-state index in [-0.39, 0.29) is 36.5 Å². The smallest absolute Gasteiger partial charge is 0.289 e. The predicted octanol–water partition coefficient (Wildman–Crippen LogP) is 2.27. The van der Waals surface area contributed by atoms with E-state index in [1.165, 1.54) is 12.8 Å². The molecular formula is C20H30N2O4. The van der Waals surface area contributed by atoms with Gasteiger partial charge >= 0.3 is 0 Å². The molecule has 2 heterocycles. The lowest BCUT2D eigenvalue weighted by Gasteiger charge is -2.33. The van der Waals surface area contributed by atoms with Crippen molar-refractivity contribution in [1.82, 2.24) is 9.80 Å². The van der Waals surface area contributed by atoms with E-state index in [2.05, 4.69) is 0 Å². The topological polar surface area (TPSA) is 81.1 Å². The van der Waals surface area contributed by atoms with Crippen molar-refractivity contribution in [3.63, 3.8) is 0 Å². The van der Waals surface area contributed by atoms with Gasteiger partial charge in [-0.25, -0.2) is 0 Å². The number of aliphatic hydroxyl groups excluding tert-OH is 1. The summed E-state index contributed by atoms with van der Waals surface area (Å²) in [5.74, 6) is -1.12. The second-order valence-corrected chi connectivity index (χ2v) is 8.45. The third-order valence-electron chi connectivity index (χ3n) is 6.94. The van der Waals surface area contributed by atoms with Crippen molar-refractivity contribution in [2.45, 2.75) is 88.3 Å². The summed E-state index contributed by atoms with van der Waals surface area (Å²) in [5.41, 5.74) is -1.47. The van der Waals surface area contributed by atoms with Crippen LogP contribution in [0.1, 0.15) is 70.6 Å². The average Bonchev–Trinajstić information content (AvgIpc) is 3.15. The molecule has 4 aliphatic rings. The molecule has 3 fully saturated rings. The van der Waals surface area contributed by atoms with Crippen molar-refractivity contribution in [3.8, 4) is 0 Å². The van der Waals surface area contributed by atoms with Crippen LogP contribution in [0.4, 0.5) is 0 Å². The Kier molecular flexibility index (Phi) is 4.71. The lowest BCUT2D eigenvalue weighted by atomic mass is 9.90. The maximum atomic E-state index is 13.0. The highest BCUT2D eigenvalue weighted by atomic mass is 16.3. The maximum absolute atomic E-state index is 13.0. The van der Waals surface area contributed by atoms with Crippen molar-refractivity contribution < 1.29 is 19.8 Å². The SMILES string of the molecule is O=C1C(O)=C(C2(O)CCN(C3CCCCC3)C2=O)CN1C1CCCCC1. The van der Waals surface area contributed by atoms with Gasteiger partial charge in [0.25, 0.3) is 11.8 Å². The first-order chi connectivity index (χ1) is 12.5. The zero-order valence-electron chi connectivity index (χ0n) is 15.5. The molecule has 1 unspecified atom stereocenters. The molecule has 2 amide bonds. The second-order valence-electron chi connectivity index (χ2n) is 8.45.